The zero-order chi connectivity index (χ0) is 20.8. The highest BCUT2D eigenvalue weighted by Gasteiger charge is 2.62. The fraction of sp³-hybridized carbons (Fsp3) is 0.100. The number of rotatable bonds is 3. The Bertz CT molecular complexity index is 1160. The van der Waals surface area contributed by atoms with Gasteiger partial charge in [0.05, 0.1) is 17.6 Å². The van der Waals surface area contributed by atoms with E-state index in [1.54, 1.807) is 24.3 Å². The number of imide groups is 1. The maximum absolute atomic E-state index is 12.9. The smallest absolute Gasteiger partial charge is 0.399 e. The Kier molecular flexibility index (Phi) is 4.26. The normalized spacial score (nSPS) is 21.5. The number of quaternary nitrogens is 1. The number of anilines is 1. The van der Waals surface area contributed by atoms with Gasteiger partial charge in [-0.15, -0.1) is 0 Å². The van der Waals surface area contributed by atoms with Gasteiger partial charge in [0.1, 0.15) is 10.7 Å². The molecule has 2 atom stereocenters. The predicted octanol–water partition coefficient (Wildman–Crippen LogP) is 2.24. The van der Waals surface area contributed by atoms with Gasteiger partial charge in [0.25, 0.3) is 0 Å². The number of benzene rings is 2. The van der Waals surface area contributed by atoms with E-state index in [4.69, 9.17) is 11.5 Å². The zero-order valence-corrected chi connectivity index (χ0v) is 15.1. The zero-order valence-electron chi connectivity index (χ0n) is 15.1. The van der Waals surface area contributed by atoms with E-state index in [0.717, 1.165) is 5.56 Å². The number of nitrogens with two attached hydrogens (primary N) is 2. The van der Waals surface area contributed by atoms with Crippen LogP contribution in [0.1, 0.15) is 17.9 Å². The van der Waals surface area contributed by atoms with E-state index in [0.29, 0.717) is 27.8 Å². The Hall–Kier alpha value is -3.82. The molecular formula is C20H17N4O5+. The van der Waals surface area contributed by atoms with Gasteiger partial charge < -0.3 is 11.5 Å². The van der Waals surface area contributed by atoms with Crippen LogP contribution in [0.15, 0.2) is 54.6 Å². The number of hydroxylamine groups is 4. The van der Waals surface area contributed by atoms with E-state index in [-0.39, 0.29) is 6.42 Å². The van der Waals surface area contributed by atoms with E-state index in [1.807, 2.05) is 30.3 Å². The van der Waals surface area contributed by atoms with Gasteiger partial charge in [0.15, 0.2) is 0 Å². The number of amides is 3. The molecule has 2 heterocycles. The van der Waals surface area contributed by atoms with E-state index >= 15 is 0 Å². The molecule has 9 heteroatoms. The first kappa shape index (κ1) is 18.5. The highest BCUT2D eigenvalue weighted by Crippen LogP contribution is 2.39. The molecule has 1 aliphatic rings. The van der Waals surface area contributed by atoms with Crippen LogP contribution in [0, 0.1) is 0 Å². The number of carbonyl (C=O) groups is 3. The Morgan fingerprint density at radius 2 is 1.86 bits per heavy atom. The lowest BCUT2D eigenvalue weighted by Gasteiger charge is -2.16. The Balaban J connectivity index is 1.91. The molecule has 1 saturated heterocycles. The molecule has 9 nitrogen and oxygen atoms in total. The molecule has 2 aromatic carbocycles. The molecule has 0 spiro atoms. The summed E-state index contributed by atoms with van der Waals surface area (Å²) in [6.07, 6.45) is -1.82. The lowest BCUT2D eigenvalue weighted by atomic mass is 9.91. The molecule has 3 amide bonds. The third-order valence-electron chi connectivity index (χ3n) is 4.83. The van der Waals surface area contributed by atoms with Crippen molar-refractivity contribution in [2.45, 2.75) is 12.3 Å². The van der Waals surface area contributed by atoms with Gasteiger partial charge in [-0.3, -0.25) is 0 Å². The lowest BCUT2D eigenvalue weighted by molar-refractivity contribution is -1.12. The fourth-order valence-electron chi connectivity index (χ4n) is 3.49. The summed E-state index contributed by atoms with van der Waals surface area (Å²) in [5.41, 5.74) is 13.5. The predicted molar refractivity (Wildman–Crippen MR) is 102 cm³/mol. The summed E-state index contributed by atoms with van der Waals surface area (Å²) in [5, 5.41) is 11.0. The second kappa shape index (κ2) is 6.66. The molecule has 3 aromatic rings. The first-order chi connectivity index (χ1) is 13.8. The van der Waals surface area contributed by atoms with Crippen molar-refractivity contribution in [3.63, 3.8) is 0 Å². The molecule has 2 unspecified atom stereocenters. The second-order valence-corrected chi connectivity index (χ2v) is 6.72. The molecular weight excluding hydrogens is 376 g/mol. The topological polar surface area (TPSA) is 146 Å². The summed E-state index contributed by atoms with van der Waals surface area (Å²) >= 11 is 0. The number of aromatic nitrogens is 1. The van der Waals surface area contributed by atoms with Crippen LogP contribution in [0.3, 0.4) is 0 Å². The Morgan fingerprint density at radius 1 is 1.14 bits per heavy atom. The minimum absolute atomic E-state index is 0.377. The maximum Gasteiger partial charge on any atom is 0.465 e. The number of carbonyl (C=O) groups excluding carboxylic acids is 3. The average molecular weight is 393 g/mol. The molecule has 146 valence electrons. The van der Waals surface area contributed by atoms with Crippen LogP contribution >= 0.6 is 0 Å². The van der Waals surface area contributed by atoms with Crippen LogP contribution in [0.4, 0.5) is 10.5 Å². The lowest BCUT2D eigenvalue weighted by Crippen LogP contribution is -2.52. The number of pyridine rings is 1. The summed E-state index contributed by atoms with van der Waals surface area (Å²) in [7, 11) is 0. The molecule has 1 aliphatic heterocycles. The van der Waals surface area contributed by atoms with Gasteiger partial charge in [-0.1, -0.05) is 30.3 Å². The van der Waals surface area contributed by atoms with Gasteiger partial charge in [-0.05, 0) is 29.8 Å². The average Bonchev–Trinajstić information content (AvgIpc) is 2.91. The third kappa shape index (κ3) is 3.08. The Morgan fingerprint density at radius 3 is 2.55 bits per heavy atom. The molecule has 0 saturated carbocycles. The van der Waals surface area contributed by atoms with Crippen molar-refractivity contribution in [2.75, 3.05) is 5.73 Å². The molecule has 0 aliphatic carbocycles. The van der Waals surface area contributed by atoms with Gasteiger partial charge in [0, 0.05) is 16.6 Å². The van der Waals surface area contributed by atoms with Crippen LogP contribution < -0.4 is 11.5 Å². The monoisotopic (exact) mass is 393 g/mol. The van der Waals surface area contributed by atoms with Crippen LogP contribution in [-0.4, -0.2) is 32.9 Å². The van der Waals surface area contributed by atoms with Crippen molar-refractivity contribution >= 4 is 34.5 Å². The SMILES string of the molecule is NC(=O)O[N+]1(O)C(=O)CC(c2cc3cc(N)ccc3nc2-c2ccccc2)C1=O. The Labute approximate surface area is 164 Å². The van der Waals surface area contributed by atoms with E-state index in [1.165, 1.54) is 0 Å². The van der Waals surface area contributed by atoms with Crippen molar-refractivity contribution in [3.8, 4) is 11.3 Å². The van der Waals surface area contributed by atoms with E-state index in [2.05, 4.69) is 9.82 Å². The minimum atomic E-state index is -2.12. The summed E-state index contributed by atoms with van der Waals surface area (Å²) in [4.78, 5) is 43.2. The summed E-state index contributed by atoms with van der Waals surface area (Å²) < 4.78 is 0. The van der Waals surface area contributed by atoms with Crippen LogP contribution in [0.5, 0.6) is 0 Å². The molecule has 1 fully saturated rings. The minimum Gasteiger partial charge on any atom is -0.399 e. The third-order valence-corrected chi connectivity index (χ3v) is 4.83. The van der Waals surface area contributed by atoms with Crippen molar-refractivity contribution in [1.29, 1.82) is 0 Å². The number of nitrogens with zero attached hydrogens (tertiary/aromatic N) is 2. The summed E-state index contributed by atoms with van der Waals surface area (Å²) in [6.45, 7) is 0. The standard InChI is InChI=1S/C20H16N4O5/c21-13-6-7-16-12(8-13)9-14(18(23-16)11-4-2-1-3-5-11)15-10-17(25)24(28,19(15)26)29-20(22)27/h1-9,15,28H,10,21H2,(H-,22,27)/p+1. The molecule has 29 heavy (non-hydrogen) atoms. The first-order valence-corrected chi connectivity index (χ1v) is 8.74. The van der Waals surface area contributed by atoms with Gasteiger partial charge >= 0.3 is 17.9 Å². The summed E-state index contributed by atoms with van der Waals surface area (Å²) in [6, 6.07) is 16.0. The van der Waals surface area contributed by atoms with Crippen LogP contribution in [0.2, 0.25) is 0 Å². The quantitative estimate of drug-likeness (QED) is 0.268. The number of hydrogen-bond donors (Lipinski definition) is 3. The van der Waals surface area contributed by atoms with Crippen LogP contribution in [-0.2, 0) is 14.4 Å². The van der Waals surface area contributed by atoms with Gasteiger partial charge in [-0.25, -0.2) is 24.2 Å². The van der Waals surface area contributed by atoms with E-state index < -0.39 is 28.6 Å². The number of primary amides is 1. The van der Waals surface area contributed by atoms with Crippen molar-refractivity contribution < 1.29 is 29.2 Å². The van der Waals surface area contributed by atoms with Crippen molar-refractivity contribution in [2.24, 2.45) is 5.73 Å². The van der Waals surface area contributed by atoms with Crippen LogP contribution in [0.25, 0.3) is 22.2 Å². The van der Waals surface area contributed by atoms with Crippen molar-refractivity contribution in [3.05, 3.63) is 60.2 Å². The molecule has 0 bridgehead atoms. The number of nitrogen functional groups attached to an aromatic ring is 1. The van der Waals surface area contributed by atoms with E-state index in [9.17, 15) is 19.6 Å². The second-order valence-electron chi connectivity index (χ2n) is 6.72. The van der Waals surface area contributed by atoms with Crippen molar-refractivity contribution in [1.82, 2.24) is 4.98 Å². The first-order valence-electron chi connectivity index (χ1n) is 8.74. The van der Waals surface area contributed by atoms with Gasteiger partial charge in [0.2, 0.25) is 0 Å². The number of hydrogen-bond acceptors (Lipinski definition) is 7. The highest BCUT2D eigenvalue weighted by molar-refractivity contribution is 5.98. The fourth-order valence-corrected chi connectivity index (χ4v) is 3.49. The molecule has 5 N–H and O–H groups in total. The number of fused-ring (bicyclic) bond motifs is 1. The molecule has 0 radical (unpaired) electrons. The molecule has 4 rings (SSSR count). The largest absolute Gasteiger partial charge is 0.465 e. The maximum atomic E-state index is 12.9. The summed E-state index contributed by atoms with van der Waals surface area (Å²) in [5.74, 6) is -3.10. The molecule has 1 aromatic heterocycles. The van der Waals surface area contributed by atoms with Gasteiger partial charge in [-0.2, -0.15) is 5.21 Å². The highest BCUT2D eigenvalue weighted by atomic mass is 17.0.